The average Bonchev–Trinajstić information content (AvgIpc) is 2.55. The first-order valence-corrected chi connectivity index (χ1v) is 7.36. The van der Waals surface area contributed by atoms with Crippen LogP contribution in [0.15, 0.2) is 23.2 Å². The smallest absolute Gasteiger partial charge is 0.263 e. The molecule has 0 radical (unpaired) electrons. The fourth-order valence-electron chi connectivity index (χ4n) is 1.59. The lowest BCUT2D eigenvalue weighted by atomic mass is 10.3. The summed E-state index contributed by atoms with van der Waals surface area (Å²) in [5, 5.41) is 0.240. The highest BCUT2D eigenvalue weighted by Crippen LogP contribution is 2.28. The van der Waals surface area contributed by atoms with Crippen molar-refractivity contribution >= 4 is 42.4 Å². The van der Waals surface area contributed by atoms with Gasteiger partial charge in [-0.25, -0.2) is 22.2 Å². The van der Waals surface area contributed by atoms with Crippen molar-refractivity contribution in [3.05, 3.63) is 23.5 Å². The molecule has 2 aromatic heterocycles. The fraction of sp³-hybridized carbons (Fsp3) is 0.222. The number of fused-ring (bicyclic) bond motifs is 1. The van der Waals surface area contributed by atoms with Crippen LogP contribution in [0.25, 0.3) is 11.0 Å². The van der Waals surface area contributed by atoms with Gasteiger partial charge in [0.05, 0.1) is 6.54 Å². The van der Waals surface area contributed by atoms with Gasteiger partial charge in [0.2, 0.25) is 0 Å². The van der Waals surface area contributed by atoms with Gasteiger partial charge >= 0.3 is 0 Å². The molecule has 0 unspecified atom stereocenters. The van der Waals surface area contributed by atoms with E-state index in [0.717, 1.165) is 10.8 Å². The first-order valence-electron chi connectivity index (χ1n) is 4.67. The third-order valence-electron chi connectivity index (χ3n) is 2.25. The van der Waals surface area contributed by atoms with Crippen LogP contribution in [0.4, 0.5) is 8.78 Å². The molecule has 0 aliphatic rings. The molecule has 0 atom stereocenters. The highest BCUT2D eigenvalue weighted by Gasteiger charge is 2.21. The Morgan fingerprint density at radius 3 is 2.61 bits per heavy atom. The maximum absolute atomic E-state index is 12.4. The fourth-order valence-corrected chi connectivity index (χ4v) is 2.78. The van der Waals surface area contributed by atoms with E-state index in [1.807, 2.05) is 0 Å². The van der Waals surface area contributed by atoms with Crippen LogP contribution in [0, 0.1) is 0 Å². The zero-order valence-corrected chi connectivity index (χ0v) is 11.0. The second-order valence-corrected chi connectivity index (χ2v) is 6.40. The van der Waals surface area contributed by atoms with E-state index in [-0.39, 0.29) is 21.1 Å². The predicted octanol–water partition coefficient (Wildman–Crippen LogP) is 2.88. The van der Waals surface area contributed by atoms with Crippen LogP contribution in [-0.4, -0.2) is 24.4 Å². The van der Waals surface area contributed by atoms with Crippen molar-refractivity contribution in [2.75, 3.05) is 0 Å². The Kier molecular flexibility index (Phi) is 3.48. The van der Waals surface area contributed by atoms with Gasteiger partial charge in [-0.15, -0.1) is 0 Å². The van der Waals surface area contributed by atoms with E-state index in [2.05, 4.69) is 4.98 Å². The standard InChI is InChI=1S/C9H6Cl2F2N2O2S/c10-7-2-1-5-6(18(11,16)17)3-15(4-8(12)13)9(5)14-7/h1-3,8H,4H2. The molecule has 9 heteroatoms. The molecule has 2 heterocycles. The predicted molar refractivity (Wildman–Crippen MR) is 63.8 cm³/mol. The summed E-state index contributed by atoms with van der Waals surface area (Å²) in [6.45, 7) is -0.684. The summed E-state index contributed by atoms with van der Waals surface area (Å²) in [5.41, 5.74) is 0.0574. The van der Waals surface area contributed by atoms with E-state index < -0.39 is 22.0 Å². The molecule has 0 amide bonds. The van der Waals surface area contributed by atoms with E-state index in [1.54, 1.807) is 0 Å². The van der Waals surface area contributed by atoms with Crippen molar-refractivity contribution in [1.82, 2.24) is 9.55 Å². The third-order valence-corrected chi connectivity index (χ3v) is 3.81. The Bertz CT molecular complexity index is 700. The number of hydrogen-bond donors (Lipinski definition) is 0. The minimum Gasteiger partial charge on any atom is -0.325 e. The normalized spacial score (nSPS) is 12.5. The number of nitrogens with zero attached hydrogens (tertiary/aromatic N) is 2. The van der Waals surface area contributed by atoms with Crippen LogP contribution < -0.4 is 0 Å². The molecule has 2 aromatic rings. The van der Waals surface area contributed by atoms with Crippen molar-refractivity contribution in [1.29, 1.82) is 0 Å². The molecular weight excluding hydrogens is 309 g/mol. The van der Waals surface area contributed by atoms with Crippen LogP contribution in [0.3, 0.4) is 0 Å². The molecule has 0 spiro atoms. The van der Waals surface area contributed by atoms with Gasteiger partial charge in [0.15, 0.2) is 0 Å². The molecule has 0 saturated heterocycles. The summed E-state index contributed by atoms with van der Waals surface area (Å²) in [6, 6.07) is 2.74. The van der Waals surface area contributed by atoms with Crippen molar-refractivity contribution in [2.24, 2.45) is 0 Å². The van der Waals surface area contributed by atoms with Gasteiger partial charge in [-0.05, 0) is 12.1 Å². The van der Waals surface area contributed by atoms with Crippen molar-refractivity contribution in [3.8, 4) is 0 Å². The zero-order valence-electron chi connectivity index (χ0n) is 8.65. The van der Waals surface area contributed by atoms with Crippen molar-refractivity contribution in [3.63, 3.8) is 0 Å². The van der Waals surface area contributed by atoms with E-state index in [4.69, 9.17) is 22.3 Å². The summed E-state index contributed by atoms with van der Waals surface area (Å²) in [5.74, 6) is 0. The Morgan fingerprint density at radius 2 is 2.06 bits per heavy atom. The van der Waals surface area contributed by atoms with E-state index in [0.29, 0.717) is 0 Å². The summed E-state index contributed by atoms with van der Waals surface area (Å²) < 4.78 is 48.5. The molecule has 0 fully saturated rings. The van der Waals surface area contributed by atoms with Gasteiger partial charge in [0, 0.05) is 22.3 Å². The molecule has 0 bridgehead atoms. The molecule has 0 N–H and O–H groups in total. The molecule has 0 aliphatic carbocycles. The van der Waals surface area contributed by atoms with Gasteiger partial charge in [-0.2, -0.15) is 0 Å². The molecule has 0 aromatic carbocycles. The van der Waals surface area contributed by atoms with E-state index >= 15 is 0 Å². The van der Waals surface area contributed by atoms with Crippen LogP contribution >= 0.6 is 22.3 Å². The SMILES string of the molecule is O=S(=O)(Cl)c1cn(CC(F)F)c2nc(Cl)ccc12. The number of hydrogen-bond acceptors (Lipinski definition) is 3. The maximum Gasteiger partial charge on any atom is 0.263 e. The van der Waals surface area contributed by atoms with Gasteiger partial charge < -0.3 is 4.57 Å². The maximum atomic E-state index is 12.4. The van der Waals surface area contributed by atoms with Gasteiger partial charge in [-0.1, -0.05) is 11.6 Å². The first kappa shape index (κ1) is 13.5. The number of aromatic nitrogens is 2. The van der Waals surface area contributed by atoms with Crippen LogP contribution in [-0.2, 0) is 15.6 Å². The third kappa shape index (κ3) is 2.57. The topological polar surface area (TPSA) is 52.0 Å². The van der Waals surface area contributed by atoms with Crippen LogP contribution in [0.1, 0.15) is 0 Å². The van der Waals surface area contributed by atoms with Crippen LogP contribution in [0.5, 0.6) is 0 Å². The number of alkyl halides is 2. The van der Waals surface area contributed by atoms with Crippen LogP contribution in [0.2, 0.25) is 5.15 Å². The van der Waals surface area contributed by atoms with Gasteiger partial charge in [-0.3, -0.25) is 0 Å². The number of halogens is 4. The molecule has 4 nitrogen and oxygen atoms in total. The lowest BCUT2D eigenvalue weighted by Crippen LogP contribution is -2.05. The molecule has 0 aliphatic heterocycles. The number of rotatable bonds is 3. The monoisotopic (exact) mass is 314 g/mol. The van der Waals surface area contributed by atoms with Gasteiger partial charge in [0.1, 0.15) is 15.7 Å². The molecule has 98 valence electrons. The van der Waals surface area contributed by atoms with Gasteiger partial charge in [0.25, 0.3) is 15.5 Å². The molecule has 0 saturated carbocycles. The second-order valence-electron chi connectivity index (χ2n) is 3.48. The lowest BCUT2D eigenvalue weighted by molar-refractivity contribution is 0.128. The Hall–Kier alpha value is -0.920. The zero-order chi connectivity index (χ0) is 13.5. The Labute approximate surface area is 111 Å². The quantitative estimate of drug-likeness (QED) is 0.646. The minimum atomic E-state index is -4.03. The van der Waals surface area contributed by atoms with E-state index in [9.17, 15) is 17.2 Å². The summed E-state index contributed by atoms with van der Waals surface area (Å²) >= 11 is 5.66. The first-order chi connectivity index (χ1) is 8.29. The highest BCUT2D eigenvalue weighted by atomic mass is 35.7. The van der Waals surface area contributed by atoms with Crippen molar-refractivity contribution in [2.45, 2.75) is 17.9 Å². The van der Waals surface area contributed by atoms with Crippen molar-refractivity contribution < 1.29 is 17.2 Å². The summed E-state index contributed by atoms with van der Waals surface area (Å²) in [6.07, 6.45) is -1.62. The highest BCUT2D eigenvalue weighted by molar-refractivity contribution is 8.14. The summed E-state index contributed by atoms with van der Waals surface area (Å²) in [4.78, 5) is 3.57. The second kappa shape index (κ2) is 4.64. The largest absolute Gasteiger partial charge is 0.325 e. The lowest BCUT2D eigenvalue weighted by Gasteiger charge is -2.02. The number of pyridine rings is 1. The molecule has 2 rings (SSSR count). The Balaban J connectivity index is 2.75. The molecular formula is C9H6Cl2F2N2O2S. The minimum absolute atomic E-state index is 0.0574. The summed E-state index contributed by atoms with van der Waals surface area (Å²) in [7, 11) is 1.20. The average molecular weight is 315 g/mol. The Morgan fingerprint density at radius 1 is 1.39 bits per heavy atom. The van der Waals surface area contributed by atoms with E-state index in [1.165, 1.54) is 12.1 Å². The molecule has 18 heavy (non-hydrogen) atoms.